The minimum Gasteiger partial charge on any atom is -0.350 e. The Labute approximate surface area is 188 Å². The molecule has 7 heteroatoms. The Kier molecular flexibility index (Phi) is 7.35. The molecule has 6 nitrogen and oxygen atoms in total. The van der Waals surface area contributed by atoms with Crippen LogP contribution in [0.5, 0.6) is 0 Å². The summed E-state index contributed by atoms with van der Waals surface area (Å²) in [6.07, 6.45) is 5.28. The molecule has 2 heterocycles. The monoisotopic (exact) mass is 440 g/mol. The summed E-state index contributed by atoms with van der Waals surface area (Å²) in [5.74, 6) is 0.585. The second kappa shape index (κ2) is 10.4. The van der Waals surface area contributed by atoms with E-state index in [1.54, 1.807) is 0 Å². The van der Waals surface area contributed by atoms with E-state index in [9.17, 15) is 9.59 Å². The van der Waals surface area contributed by atoms with E-state index in [1.807, 2.05) is 30.0 Å². The number of carbonyl (C=O) groups is 2. The van der Waals surface area contributed by atoms with Gasteiger partial charge in [-0.25, -0.2) is 4.98 Å². The molecule has 31 heavy (non-hydrogen) atoms. The first-order chi connectivity index (χ1) is 15.1. The first-order valence-corrected chi connectivity index (χ1v) is 12.2. The van der Waals surface area contributed by atoms with Gasteiger partial charge in [-0.2, -0.15) is 0 Å². The van der Waals surface area contributed by atoms with Crippen molar-refractivity contribution in [1.29, 1.82) is 0 Å². The van der Waals surface area contributed by atoms with Gasteiger partial charge >= 0.3 is 0 Å². The highest BCUT2D eigenvalue weighted by molar-refractivity contribution is 7.13. The van der Waals surface area contributed by atoms with Crippen molar-refractivity contribution >= 4 is 23.2 Å². The van der Waals surface area contributed by atoms with E-state index in [1.165, 1.54) is 29.7 Å². The highest BCUT2D eigenvalue weighted by Crippen LogP contribution is 2.27. The number of hydrogen-bond donors (Lipinski definition) is 1. The number of thiazole rings is 1. The zero-order chi connectivity index (χ0) is 21.6. The summed E-state index contributed by atoms with van der Waals surface area (Å²) in [5, 5.41) is 4.02. The predicted molar refractivity (Wildman–Crippen MR) is 123 cm³/mol. The molecule has 1 aliphatic carbocycles. The highest BCUT2D eigenvalue weighted by atomic mass is 32.1. The number of aromatic nitrogens is 1. The fourth-order valence-corrected chi connectivity index (χ4v) is 5.55. The lowest BCUT2D eigenvalue weighted by Gasteiger charge is -2.36. The van der Waals surface area contributed by atoms with Crippen molar-refractivity contribution in [3.05, 3.63) is 51.5 Å². The fraction of sp³-hybridized carbons (Fsp3) is 0.542. The number of benzene rings is 1. The molecule has 1 saturated carbocycles. The SMILES string of the molecule is Cc1nc(Cc2ccccc2)sc1C(=O)NCCN1CCN(C(=O)C2CCCC2)CC1. The van der Waals surface area contributed by atoms with Crippen LogP contribution in [-0.2, 0) is 11.2 Å². The minimum atomic E-state index is -0.0376. The summed E-state index contributed by atoms with van der Waals surface area (Å²) < 4.78 is 0. The number of carbonyl (C=O) groups excluding carboxylic acids is 2. The van der Waals surface area contributed by atoms with Crippen molar-refractivity contribution in [3.63, 3.8) is 0 Å². The molecule has 1 N–H and O–H groups in total. The molecule has 1 aromatic carbocycles. The lowest BCUT2D eigenvalue weighted by molar-refractivity contribution is -0.137. The molecule has 2 fully saturated rings. The third-order valence-corrected chi connectivity index (χ3v) is 7.50. The quantitative estimate of drug-likeness (QED) is 0.719. The van der Waals surface area contributed by atoms with Gasteiger partial charge in [-0.3, -0.25) is 14.5 Å². The predicted octanol–water partition coefficient (Wildman–Crippen LogP) is 3.11. The second-order valence-corrected chi connectivity index (χ2v) is 9.67. The number of rotatable bonds is 7. The summed E-state index contributed by atoms with van der Waals surface area (Å²) in [6.45, 7) is 6.71. The van der Waals surface area contributed by atoms with Crippen molar-refractivity contribution in [2.24, 2.45) is 5.92 Å². The summed E-state index contributed by atoms with van der Waals surface area (Å²) >= 11 is 1.48. The third kappa shape index (κ3) is 5.71. The zero-order valence-corrected chi connectivity index (χ0v) is 19.1. The molecule has 1 aromatic heterocycles. The molecule has 1 saturated heterocycles. The molecular formula is C24H32N4O2S. The Morgan fingerprint density at radius 2 is 1.81 bits per heavy atom. The van der Waals surface area contributed by atoms with Gasteiger partial charge in [-0.05, 0) is 25.3 Å². The van der Waals surface area contributed by atoms with Crippen molar-refractivity contribution < 1.29 is 9.59 Å². The van der Waals surface area contributed by atoms with Gasteiger partial charge in [-0.15, -0.1) is 11.3 Å². The topological polar surface area (TPSA) is 65.5 Å². The van der Waals surface area contributed by atoms with Crippen LogP contribution in [0.2, 0.25) is 0 Å². The van der Waals surface area contributed by atoms with Gasteiger partial charge in [0.05, 0.1) is 10.7 Å². The summed E-state index contributed by atoms with van der Waals surface area (Å²) in [5.41, 5.74) is 2.00. The van der Waals surface area contributed by atoms with Crippen LogP contribution < -0.4 is 5.32 Å². The van der Waals surface area contributed by atoms with E-state index in [0.717, 1.165) is 62.7 Å². The summed E-state index contributed by atoms with van der Waals surface area (Å²) in [4.78, 5) is 34.9. The number of nitrogens with one attached hydrogen (secondary N) is 1. The van der Waals surface area contributed by atoms with Crippen LogP contribution in [0.4, 0.5) is 0 Å². The van der Waals surface area contributed by atoms with Gasteiger partial charge in [0.15, 0.2) is 0 Å². The van der Waals surface area contributed by atoms with Crippen LogP contribution in [0.15, 0.2) is 30.3 Å². The average Bonchev–Trinajstić information content (AvgIpc) is 3.44. The van der Waals surface area contributed by atoms with Crippen molar-refractivity contribution in [2.45, 2.75) is 39.0 Å². The van der Waals surface area contributed by atoms with E-state index in [0.29, 0.717) is 17.3 Å². The van der Waals surface area contributed by atoms with Gasteiger partial charge in [0, 0.05) is 51.6 Å². The average molecular weight is 441 g/mol. The van der Waals surface area contributed by atoms with Gasteiger partial charge in [-0.1, -0.05) is 43.2 Å². The molecule has 2 amide bonds. The van der Waals surface area contributed by atoms with Gasteiger partial charge in [0.2, 0.25) is 5.91 Å². The van der Waals surface area contributed by atoms with Crippen LogP contribution in [0.1, 0.15) is 51.6 Å². The van der Waals surface area contributed by atoms with Gasteiger partial charge in [0.1, 0.15) is 4.88 Å². The van der Waals surface area contributed by atoms with E-state index >= 15 is 0 Å². The van der Waals surface area contributed by atoms with Crippen LogP contribution in [0, 0.1) is 12.8 Å². The summed E-state index contributed by atoms with van der Waals surface area (Å²) in [7, 11) is 0. The van der Waals surface area contributed by atoms with Crippen molar-refractivity contribution in [2.75, 3.05) is 39.3 Å². The number of piperazine rings is 1. The second-order valence-electron chi connectivity index (χ2n) is 8.59. The Morgan fingerprint density at radius 3 is 2.52 bits per heavy atom. The molecule has 166 valence electrons. The Hall–Kier alpha value is -2.25. The standard InChI is InChI=1S/C24H32N4O2S/c1-18-22(31-21(26-18)17-19-7-3-2-4-8-19)23(29)25-11-12-27-13-15-28(16-14-27)24(30)20-9-5-6-10-20/h2-4,7-8,20H,5-6,9-17H2,1H3,(H,25,29). The number of aryl methyl sites for hydroxylation is 1. The Bertz CT molecular complexity index is 884. The Morgan fingerprint density at radius 1 is 1.10 bits per heavy atom. The van der Waals surface area contributed by atoms with E-state index in [4.69, 9.17) is 0 Å². The molecule has 0 unspecified atom stereocenters. The van der Waals surface area contributed by atoms with Crippen LogP contribution in [0.3, 0.4) is 0 Å². The normalized spacial score (nSPS) is 17.8. The fourth-order valence-electron chi connectivity index (χ4n) is 4.54. The van der Waals surface area contributed by atoms with Crippen LogP contribution in [-0.4, -0.2) is 65.9 Å². The van der Waals surface area contributed by atoms with E-state index in [-0.39, 0.29) is 11.8 Å². The van der Waals surface area contributed by atoms with Gasteiger partial charge in [0.25, 0.3) is 5.91 Å². The molecular weight excluding hydrogens is 408 g/mol. The maximum atomic E-state index is 12.6. The summed E-state index contributed by atoms with van der Waals surface area (Å²) in [6, 6.07) is 10.2. The van der Waals surface area contributed by atoms with E-state index in [2.05, 4.69) is 27.3 Å². The number of hydrogen-bond acceptors (Lipinski definition) is 5. The lowest BCUT2D eigenvalue weighted by Crippen LogP contribution is -2.51. The molecule has 0 atom stereocenters. The number of nitrogens with zero attached hydrogens (tertiary/aromatic N) is 3. The zero-order valence-electron chi connectivity index (χ0n) is 18.3. The minimum absolute atomic E-state index is 0.0376. The molecule has 0 radical (unpaired) electrons. The first-order valence-electron chi connectivity index (χ1n) is 11.4. The van der Waals surface area contributed by atoms with Gasteiger partial charge < -0.3 is 10.2 Å². The maximum Gasteiger partial charge on any atom is 0.263 e. The molecule has 0 bridgehead atoms. The van der Waals surface area contributed by atoms with E-state index < -0.39 is 0 Å². The van der Waals surface area contributed by atoms with Crippen LogP contribution in [0.25, 0.3) is 0 Å². The first kappa shape index (κ1) is 22.0. The molecule has 1 aliphatic heterocycles. The highest BCUT2D eigenvalue weighted by Gasteiger charge is 2.29. The van der Waals surface area contributed by atoms with Crippen molar-refractivity contribution in [3.8, 4) is 0 Å². The molecule has 2 aromatic rings. The lowest BCUT2D eigenvalue weighted by atomic mass is 10.1. The van der Waals surface area contributed by atoms with Crippen molar-refractivity contribution in [1.82, 2.24) is 20.1 Å². The smallest absolute Gasteiger partial charge is 0.263 e. The molecule has 0 spiro atoms. The number of amides is 2. The Balaban J connectivity index is 1.20. The largest absolute Gasteiger partial charge is 0.350 e. The molecule has 4 rings (SSSR count). The molecule has 2 aliphatic rings. The van der Waals surface area contributed by atoms with Crippen LogP contribution >= 0.6 is 11.3 Å². The third-order valence-electron chi connectivity index (χ3n) is 6.35. The maximum absolute atomic E-state index is 12.6.